The minimum atomic E-state index is -0.136. The lowest BCUT2D eigenvalue weighted by atomic mass is 10.2. The minimum absolute atomic E-state index is 0.136. The Morgan fingerprint density at radius 1 is 1.25 bits per heavy atom. The van der Waals surface area contributed by atoms with Crippen LogP contribution in [0, 0.1) is 6.92 Å². The van der Waals surface area contributed by atoms with Crippen molar-refractivity contribution in [1.29, 1.82) is 0 Å². The van der Waals surface area contributed by atoms with Crippen LogP contribution in [0.2, 0.25) is 0 Å². The number of aryl methyl sites for hydroxylation is 1. The fourth-order valence-corrected chi connectivity index (χ4v) is 2.49. The molecule has 0 fully saturated rings. The van der Waals surface area contributed by atoms with E-state index in [1.54, 1.807) is 0 Å². The standard InChI is InChI=1S/C15H14N4O/c1-10-6-7-19-14(8-10)17-18-15(19)13-9-16-11-4-2-3-5-12(11)20-13/h2-8,13,16H,9H2,1H3. The van der Waals surface area contributed by atoms with Gasteiger partial charge in [0.05, 0.1) is 12.2 Å². The zero-order valence-corrected chi connectivity index (χ0v) is 11.1. The highest BCUT2D eigenvalue weighted by Crippen LogP contribution is 2.33. The van der Waals surface area contributed by atoms with Crippen molar-refractivity contribution in [2.75, 3.05) is 11.9 Å². The summed E-state index contributed by atoms with van der Waals surface area (Å²) in [6, 6.07) is 12.0. The average Bonchev–Trinajstić information content (AvgIpc) is 2.89. The average molecular weight is 266 g/mol. The molecular weight excluding hydrogens is 252 g/mol. The third-order valence-corrected chi connectivity index (χ3v) is 3.51. The van der Waals surface area contributed by atoms with Crippen LogP contribution >= 0.6 is 0 Å². The summed E-state index contributed by atoms with van der Waals surface area (Å²) in [6.45, 7) is 2.73. The van der Waals surface area contributed by atoms with E-state index in [2.05, 4.69) is 15.5 Å². The highest BCUT2D eigenvalue weighted by molar-refractivity contribution is 5.58. The molecule has 0 radical (unpaired) electrons. The molecule has 5 nitrogen and oxygen atoms in total. The molecule has 1 aliphatic rings. The SMILES string of the molecule is Cc1ccn2c(C3CNc4ccccc4O3)nnc2c1. The highest BCUT2D eigenvalue weighted by Gasteiger charge is 2.24. The Balaban J connectivity index is 1.74. The number of nitrogens with one attached hydrogen (secondary N) is 1. The Kier molecular flexibility index (Phi) is 2.39. The molecule has 1 N–H and O–H groups in total. The van der Waals surface area contributed by atoms with E-state index in [0.29, 0.717) is 6.54 Å². The van der Waals surface area contributed by atoms with Crippen LogP contribution in [0.3, 0.4) is 0 Å². The van der Waals surface area contributed by atoms with E-state index in [9.17, 15) is 0 Å². The van der Waals surface area contributed by atoms with Gasteiger partial charge in [-0.3, -0.25) is 4.40 Å². The van der Waals surface area contributed by atoms with Crippen molar-refractivity contribution < 1.29 is 4.74 Å². The molecule has 0 aliphatic carbocycles. The predicted molar refractivity (Wildman–Crippen MR) is 76.0 cm³/mol. The van der Waals surface area contributed by atoms with Gasteiger partial charge in [-0.25, -0.2) is 0 Å². The molecule has 100 valence electrons. The summed E-state index contributed by atoms with van der Waals surface area (Å²) in [5.74, 6) is 1.68. The van der Waals surface area contributed by atoms with E-state index in [4.69, 9.17) is 4.74 Å². The van der Waals surface area contributed by atoms with Crippen molar-refractivity contribution in [2.24, 2.45) is 0 Å². The van der Waals surface area contributed by atoms with Gasteiger partial charge >= 0.3 is 0 Å². The summed E-state index contributed by atoms with van der Waals surface area (Å²) in [6.07, 6.45) is 1.85. The Morgan fingerprint density at radius 2 is 2.15 bits per heavy atom. The van der Waals surface area contributed by atoms with E-state index in [-0.39, 0.29) is 6.10 Å². The number of nitrogens with zero attached hydrogens (tertiary/aromatic N) is 3. The number of anilines is 1. The number of ether oxygens (including phenoxy) is 1. The summed E-state index contributed by atoms with van der Waals surface area (Å²) < 4.78 is 8.01. The van der Waals surface area contributed by atoms with Gasteiger partial charge in [0.25, 0.3) is 0 Å². The number of benzene rings is 1. The molecule has 0 spiro atoms. The second-order valence-electron chi connectivity index (χ2n) is 4.97. The minimum Gasteiger partial charge on any atom is -0.478 e. The van der Waals surface area contributed by atoms with Crippen molar-refractivity contribution in [3.05, 3.63) is 54.0 Å². The molecular formula is C15H14N4O. The second kappa shape index (κ2) is 4.23. The molecule has 1 aliphatic heterocycles. The molecule has 1 aromatic carbocycles. The first kappa shape index (κ1) is 11.3. The maximum Gasteiger partial charge on any atom is 0.180 e. The Morgan fingerprint density at radius 3 is 3.10 bits per heavy atom. The molecule has 0 amide bonds. The number of para-hydroxylation sites is 2. The number of fused-ring (bicyclic) bond motifs is 2. The van der Waals surface area contributed by atoms with Crippen molar-refractivity contribution in [2.45, 2.75) is 13.0 Å². The van der Waals surface area contributed by atoms with Gasteiger partial charge in [-0.15, -0.1) is 10.2 Å². The maximum atomic E-state index is 6.03. The Hall–Kier alpha value is -2.56. The summed E-state index contributed by atoms with van der Waals surface area (Å²) in [5.41, 5.74) is 3.04. The normalized spacial score (nSPS) is 17.4. The highest BCUT2D eigenvalue weighted by atomic mass is 16.5. The third kappa shape index (κ3) is 1.71. The van der Waals surface area contributed by atoms with E-state index < -0.39 is 0 Å². The summed E-state index contributed by atoms with van der Waals surface area (Å²) in [7, 11) is 0. The first-order chi connectivity index (χ1) is 9.81. The number of hydrogen-bond donors (Lipinski definition) is 1. The lowest BCUT2D eigenvalue weighted by Gasteiger charge is -2.26. The maximum absolute atomic E-state index is 6.03. The van der Waals surface area contributed by atoms with Gasteiger partial charge in [-0.1, -0.05) is 12.1 Å². The van der Waals surface area contributed by atoms with Gasteiger partial charge in [0.1, 0.15) is 5.75 Å². The lowest BCUT2D eigenvalue weighted by Crippen LogP contribution is -2.25. The quantitative estimate of drug-likeness (QED) is 0.735. The van der Waals surface area contributed by atoms with E-state index >= 15 is 0 Å². The van der Waals surface area contributed by atoms with Crippen LogP contribution in [-0.2, 0) is 0 Å². The predicted octanol–water partition coefficient (Wildman–Crippen LogP) is 2.58. The number of pyridine rings is 1. The Bertz CT molecular complexity index is 780. The summed E-state index contributed by atoms with van der Waals surface area (Å²) in [4.78, 5) is 0. The zero-order chi connectivity index (χ0) is 13.5. The van der Waals surface area contributed by atoms with Crippen LogP contribution in [0.5, 0.6) is 5.75 Å². The zero-order valence-electron chi connectivity index (χ0n) is 11.1. The smallest absolute Gasteiger partial charge is 0.180 e. The van der Waals surface area contributed by atoms with Gasteiger partial charge < -0.3 is 10.1 Å². The first-order valence-electron chi connectivity index (χ1n) is 6.62. The molecule has 1 unspecified atom stereocenters. The molecule has 4 rings (SSSR count). The molecule has 3 aromatic rings. The molecule has 0 bridgehead atoms. The second-order valence-corrected chi connectivity index (χ2v) is 4.97. The molecule has 1 atom stereocenters. The molecule has 3 heterocycles. The monoisotopic (exact) mass is 266 g/mol. The van der Waals surface area contributed by atoms with Crippen LogP contribution in [0.1, 0.15) is 17.5 Å². The van der Waals surface area contributed by atoms with Crippen LogP contribution in [0.25, 0.3) is 5.65 Å². The van der Waals surface area contributed by atoms with E-state index in [1.165, 1.54) is 5.56 Å². The van der Waals surface area contributed by atoms with Crippen molar-refractivity contribution in [3.63, 3.8) is 0 Å². The van der Waals surface area contributed by atoms with Crippen LogP contribution in [0.4, 0.5) is 5.69 Å². The molecule has 2 aromatic heterocycles. The number of rotatable bonds is 1. The topological polar surface area (TPSA) is 51.5 Å². The summed E-state index contributed by atoms with van der Waals surface area (Å²) in [5, 5.41) is 11.9. The Labute approximate surface area is 116 Å². The van der Waals surface area contributed by atoms with Crippen molar-refractivity contribution >= 4 is 11.3 Å². The van der Waals surface area contributed by atoms with Gasteiger partial charge in [0, 0.05) is 6.20 Å². The van der Waals surface area contributed by atoms with Crippen LogP contribution in [0.15, 0.2) is 42.6 Å². The molecule has 20 heavy (non-hydrogen) atoms. The van der Waals surface area contributed by atoms with Crippen LogP contribution < -0.4 is 10.1 Å². The molecule has 5 heteroatoms. The largest absolute Gasteiger partial charge is 0.478 e. The molecule has 0 saturated heterocycles. The van der Waals surface area contributed by atoms with Gasteiger partial charge in [0.2, 0.25) is 0 Å². The van der Waals surface area contributed by atoms with E-state index in [1.807, 2.05) is 53.9 Å². The lowest BCUT2D eigenvalue weighted by molar-refractivity contribution is 0.199. The van der Waals surface area contributed by atoms with E-state index in [0.717, 1.165) is 22.9 Å². The third-order valence-electron chi connectivity index (χ3n) is 3.51. The van der Waals surface area contributed by atoms with Gasteiger partial charge in [-0.2, -0.15) is 0 Å². The summed E-state index contributed by atoms with van der Waals surface area (Å²) >= 11 is 0. The van der Waals surface area contributed by atoms with Gasteiger partial charge in [-0.05, 0) is 36.8 Å². The van der Waals surface area contributed by atoms with Gasteiger partial charge in [0.15, 0.2) is 17.6 Å². The first-order valence-corrected chi connectivity index (χ1v) is 6.62. The number of hydrogen-bond acceptors (Lipinski definition) is 4. The molecule has 0 saturated carbocycles. The van der Waals surface area contributed by atoms with Crippen molar-refractivity contribution in [1.82, 2.24) is 14.6 Å². The van der Waals surface area contributed by atoms with Crippen LogP contribution in [-0.4, -0.2) is 21.1 Å². The van der Waals surface area contributed by atoms with Crippen molar-refractivity contribution in [3.8, 4) is 5.75 Å². The fraction of sp³-hybridized carbons (Fsp3) is 0.200. The fourth-order valence-electron chi connectivity index (χ4n) is 2.49. The number of aromatic nitrogens is 3.